The van der Waals surface area contributed by atoms with Gasteiger partial charge in [-0.05, 0) is 50.4 Å². The third-order valence-electron chi connectivity index (χ3n) is 4.46. The van der Waals surface area contributed by atoms with E-state index in [4.69, 9.17) is 4.74 Å². The number of aryl methyl sites for hydroxylation is 1. The van der Waals surface area contributed by atoms with Crippen LogP contribution in [-0.4, -0.2) is 45.3 Å². The Morgan fingerprint density at radius 2 is 2.10 bits per heavy atom. The lowest BCUT2D eigenvalue weighted by molar-refractivity contribution is 0.0410. The SMILES string of the molecule is CCc1ccc(C(CN(C)CC2CCCOC2)NC)cc1. The predicted octanol–water partition coefficient (Wildman–Crippen LogP) is 2.87. The van der Waals surface area contributed by atoms with Crippen LogP contribution < -0.4 is 5.32 Å². The van der Waals surface area contributed by atoms with Crippen LogP contribution in [0, 0.1) is 5.92 Å². The van der Waals surface area contributed by atoms with Crippen molar-refractivity contribution in [1.29, 1.82) is 0 Å². The lowest BCUT2D eigenvalue weighted by Crippen LogP contribution is -2.36. The predicted molar refractivity (Wildman–Crippen MR) is 88.7 cm³/mol. The second-order valence-electron chi connectivity index (χ2n) is 6.24. The summed E-state index contributed by atoms with van der Waals surface area (Å²) in [7, 11) is 4.27. The first-order valence-electron chi connectivity index (χ1n) is 8.25. The van der Waals surface area contributed by atoms with Crippen molar-refractivity contribution in [3.63, 3.8) is 0 Å². The third-order valence-corrected chi connectivity index (χ3v) is 4.46. The molecule has 1 aliphatic rings. The van der Waals surface area contributed by atoms with Gasteiger partial charge in [-0.25, -0.2) is 0 Å². The van der Waals surface area contributed by atoms with Crippen molar-refractivity contribution in [3.05, 3.63) is 35.4 Å². The summed E-state index contributed by atoms with van der Waals surface area (Å²) in [6.45, 7) is 6.25. The molecular formula is C18H30N2O. The first kappa shape index (κ1) is 16.5. The van der Waals surface area contributed by atoms with Crippen LogP contribution in [0.3, 0.4) is 0 Å². The molecule has 3 heteroatoms. The zero-order valence-electron chi connectivity index (χ0n) is 13.8. The number of benzene rings is 1. The summed E-state index contributed by atoms with van der Waals surface area (Å²) < 4.78 is 5.58. The number of nitrogens with zero attached hydrogens (tertiary/aromatic N) is 1. The highest BCUT2D eigenvalue weighted by molar-refractivity contribution is 5.25. The van der Waals surface area contributed by atoms with Gasteiger partial charge in [0.15, 0.2) is 0 Å². The quantitative estimate of drug-likeness (QED) is 0.835. The van der Waals surface area contributed by atoms with E-state index in [-0.39, 0.29) is 0 Å². The highest BCUT2D eigenvalue weighted by Crippen LogP contribution is 2.18. The van der Waals surface area contributed by atoms with E-state index in [1.807, 2.05) is 0 Å². The van der Waals surface area contributed by atoms with E-state index in [2.05, 4.69) is 55.5 Å². The summed E-state index contributed by atoms with van der Waals surface area (Å²) >= 11 is 0. The zero-order chi connectivity index (χ0) is 15.1. The second-order valence-corrected chi connectivity index (χ2v) is 6.24. The summed E-state index contributed by atoms with van der Waals surface area (Å²) in [5, 5.41) is 3.45. The zero-order valence-corrected chi connectivity index (χ0v) is 13.8. The van der Waals surface area contributed by atoms with Crippen molar-refractivity contribution in [2.75, 3.05) is 40.4 Å². The van der Waals surface area contributed by atoms with Crippen LogP contribution in [0.1, 0.15) is 36.9 Å². The van der Waals surface area contributed by atoms with Crippen molar-refractivity contribution in [2.24, 2.45) is 5.92 Å². The fraction of sp³-hybridized carbons (Fsp3) is 0.667. The van der Waals surface area contributed by atoms with Crippen LogP contribution >= 0.6 is 0 Å². The summed E-state index contributed by atoms with van der Waals surface area (Å²) in [5.74, 6) is 0.698. The van der Waals surface area contributed by atoms with E-state index in [1.165, 1.54) is 24.0 Å². The molecule has 1 aromatic carbocycles. The van der Waals surface area contributed by atoms with Crippen molar-refractivity contribution >= 4 is 0 Å². The fourth-order valence-electron chi connectivity index (χ4n) is 3.13. The molecule has 0 bridgehead atoms. The summed E-state index contributed by atoms with van der Waals surface area (Å²) in [4.78, 5) is 2.44. The molecule has 1 N–H and O–H groups in total. The number of likely N-dealkylation sites (N-methyl/N-ethyl adjacent to an activating group) is 2. The molecule has 2 unspecified atom stereocenters. The number of ether oxygens (including phenoxy) is 1. The molecule has 0 amide bonds. The lowest BCUT2D eigenvalue weighted by atomic mass is 10.0. The van der Waals surface area contributed by atoms with Gasteiger partial charge < -0.3 is 15.0 Å². The van der Waals surface area contributed by atoms with E-state index in [1.54, 1.807) is 0 Å². The van der Waals surface area contributed by atoms with Gasteiger partial charge in [0.1, 0.15) is 0 Å². The van der Waals surface area contributed by atoms with E-state index in [9.17, 15) is 0 Å². The molecule has 2 atom stereocenters. The summed E-state index contributed by atoms with van der Waals surface area (Å²) in [5.41, 5.74) is 2.78. The van der Waals surface area contributed by atoms with Crippen molar-refractivity contribution < 1.29 is 4.74 Å². The fourth-order valence-corrected chi connectivity index (χ4v) is 3.13. The minimum absolute atomic E-state index is 0.394. The summed E-state index contributed by atoms with van der Waals surface area (Å²) in [6, 6.07) is 9.41. The normalized spacial score (nSPS) is 20.7. The van der Waals surface area contributed by atoms with Crippen molar-refractivity contribution in [2.45, 2.75) is 32.2 Å². The first-order valence-corrected chi connectivity index (χ1v) is 8.25. The molecule has 1 saturated heterocycles. The Morgan fingerprint density at radius 3 is 2.67 bits per heavy atom. The number of nitrogens with one attached hydrogen (secondary N) is 1. The van der Waals surface area contributed by atoms with Crippen LogP contribution in [0.5, 0.6) is 0 Å². The average Bonchev–Trinajstić information content (AvgIpc) is 2.53. The van der Waals surface area contributed by atoms with Gasteiger partial charge in [-0.3, -0.25) is 0 Å². The number of hydrogen-bond acceptors (Lipinski definition) is 3. The molecule has 0 aromatic heterocycles. The highest BCUT2D eigenvalue weighted by Gasteiger charge is 2.18. The largest absolute Gasteiger partial charge is 0.381 e. The van der Waals surface area contributed by atoms with Crippen molar-refractivity contribution in [3.8, 4) is 0 Å². The maximum Gasteiger partial charge on any atom is 0.0506 e. The van der Waals surface area contributed by atoms with Gasteiger partial charge in [0.2, 0.25) is 0 Å². The number of hydrogen-bond donors (Lipinski definition) is 1. The van der Waals surface area contributed by atoms with E-state index in [0.717, 1.165) is 32.7 Å². The van der Waals surface area contributed by atoms with Crippen molar-refractivity contribution in [1.82, 2.24) is 10.2 Å². The molecule has 21 heavy (non-hydrogen) atoms. The van der Waals surface area contributed by atoms with Gasteiger partial charge in [-0.15, -0.1) is 0 Å². The molecule has 2 rings (SSSR count). The highest BCUT2D eigenvalue weighted by atomic mass is 16.5. The molecule has 1 fully saturated rings. The Kier molecular flexibility index (Phi) is 6.68. The molecule has 1 heterocycles. The Morgan fingerprint density at radius 1 is 1.33 bits per heavy atom. The molecule has 3 nitrogen and oxygen atoms in total. The topological polar surface area (TPSA) is 24.5 Å². The Labute approximate surface area is 129 Å². The molecular weight excluding hydrogens is 260 g/mol. The smallest absolute Gasteiger partial charge is 0.0506 e. The maximum atomic E-state index is 5.58. The lowest BCUT2D eigenvalue weighted by Gasteiger charge is -2.29. The molecule has 0 saturated carbocycles. The minimum atomic E-state index is 0.394. The van der Waals surface area contributed by atoms with Gasteiger partial charge in [-0.2, -0.15) is 0 Å². The molecule has 0 radical (unpaired) electrons. The molecule has 1 aromatic rings. The van der Waals surface area contributed by atoms with E-state index >= 15 is 0 Å². The van der Waals surface area contributed by atoms with E-state index < -0.39 is 0 Å². The van der Waals surface area contributed by atoms with Crippen LogP contribution in [0.2, 0.25) is 0 Å². The minimum Gasteiger partial charge on any atom is -0.381 e. The Bertz CT molecular complexity index is 398. The summed E-state index contributed by atoms with van der Waals surface area (Å²) in [6.07, 6.45) is 3.62. The average molecular weight is 290 g/mol. The van der Waals surface area contributed by atoms with Crippen LogP contribution in [0.25, 0.3) is 0 Å². The second kappa shape index (κ2) is 8.52. The van der Waals surface area contributed by atoms with Gasteiger partial charge >= 0.3 is 0 Å². The standard InChI is InChI=1S/C18H30N2O/c1-4-15-7-9-17(10-8-15)18(19-2)13-20(3)12-16-6-5-11-21-14-16/h7-10,16,18-19H,4-6,11-14H2,1-3H3. The van der Waals surface area contributed by atoms with Gasteiger partial charge in [-0.1, -0.05) is 31.2 Å². The van der Waals surface area contributed by atoms with Crippen LogP contribution in [0.15, 0.2) is 24.3 Å². The van der Waals surface area contributed by atoms with Crippen LogP contribution in [0.4, 0.5) is 0 Å². The first-order chi connectivity index (χ1) is 10.2. The van der Waals surface area contributed by atoms with Gasteiger partial charge in [0.25, 0.3) is 0 Å². The van der Waals surface area contributed by atoms with Crippen LogP contribution in [-0.2, 0) is 11.2 Å². The Balaban J connectivity index is 1.87. The molecule has 0 aliphatic carbocycles. The monoisotopic (exact) mass is 290 g/mol. The molecule has 1 aliphatic heterocycles. The van der Waals surface area contributed by atoms with Gasteiger partial charge in [0.05, 0.1) is 6.61 Å². The van der Waals surface area contributed by atoms with Gasteiger partial charge in [0, 0.05) is 25.7 Å². The third kappa shape index (κ3) is 5.10. The molecule has 118 valence electrons. The Hall–Kier alpha value is -0.900. The number of rotatable bonds is 7. The van der Waals surface area contributed by atoms with E-state index in [0.29, 0.717) is 12.0 Å². The maximum absolute atomic E-state index is 5.58. The molecule has 0 spiro atoms.